The van der Waals surface area contributed by atoms with Crippen molar-refractivity contribution in [3.8, 4) is 22.4 Å². The number of benzene rings is 2. The van der Waals surface area contributed by atoms with Gasteiger partial charge in [-0.3, -0.25) is 4.68 Å². The summed E-state index contributed by atoms with van der Waals surface area (Å²) < 4.78 is 28.1. The molecule has 2 aromatic carbocycles. The van der Waals surface area contributed by atoms with Gasteiger partial charge in [-0.25, -0.2) is 8.78 Å². The van der Waals surface area contributed by atoms with Crippen LogP contribution >= 0.6 is 0 Å². The molecule has 21 heavy (non-hydrogen) atoms. The minimum Gasteiger partial charge on any atom is -0.383 e. The standard InChI is InChI=1S/C16H13F2N3/c1-21-16(19)14(10-5-3-2-4-6-10)15(20-21)11-7-8-12(17)13(18)9-11/h2-9H,19H2,1H3. The van der Waals surface area contributed by atoms with Gasteiger partial charge >= 0.3 is 0 Å². The highest BCUT2D eigenvalue weighted by molar-refractivity contribution is 5.88. The molecule has 0 bridgehead atoms. The van der Waals surface area contributed by atoms with E-state index >= 15 is 0 Å². The van der Waals surface area contributed by atoms with E-state index in [0.717, 1.165) is 17.7 Å². The van der Waals surface area contributed by atoms with Crippen LogP contribution in [-0.2, 0) is 7.05 Å². The van der Waals surface area contributed by atoms with Gasteiger partial charge in [-0.05, 0) is 23.8 Å². The van der Waals surface area contributed by atoms with E-state index in [9.17, 15) is 8.78 Å². The van der Waals surface area contributed by atoms with E-state index in [1.54, 1.807) is 7.05 Å². The molecule has 0 aliphatic carbocycles. The van der Waals surface area contributed by atoms with Crippen molar-refractivity contribution >= 4 is 5.82 Å². The number of halogens is 2. The summed E-state index contributed by atoms with van der Waals surface area (Å²) in [5.74, 6) is -1.32. The Labute approximate surface area is 120 Å². The third-order valence-corrected chi connectivity index (χ3v) is 3.35. The Hall–Kier alpha value is -2.69. The molecule has 0 aliphatic rings. The molecule has 5 heteroatoms. The van der Waals surface area contributed by atoms with Gasteiger partial charge in [0.15, 0.2) is 11.6 Å². The number of nitrogens with zero attached hydrogens (tertiary/aromatic N) is 2. The molecule has 0 unspecified atom stereocenters. The van der Waals surface area contributed by atoms with Crippen LogP contribution in [0.15, 0.2) is 48.5 Å². The molecule has 106 valence electrons. The summed E-state index contributed by atoms with van der Waals surface area (Å²) in [4.78, 5) is 0. The molecule has 3 aromatic rings. The predicted molar refractivity (Wildman–Crippen MR) is 78.4 cm³/mol. The van der Waals surface area contributed by atoms with Crippen LogP contribution in [0.3, 0.4) is 0 Å². The maximum Gasteiger partial charge on any atom is 0.159 e. The van der Waals surface area contributed by atoms with Crippen molar-refractivity contribution in [2.45, 2.75) is 0 Å². The third-order valence-electron chi connectivity index (χ3n) is 3.35. The number of anilines is 1. The molecule has 0 saturated heterocycles. The second-order valence-electron chi connectivity index (χ2n) is 4.73. The summed E-state index contributed by atoms with van der Waals surface area (Å²) in [5.41, 5.74) is 8.68. The number of aromatic nitrogens is 2. The molecule has 0 aliphatic heterocycles. The van der Waals surface area contributed by atoms with Gasteiger partial charge in [0.2, 0.25) is 0 Å². The second-order valence-corrected chi connectivity index (χ2v) is 4.73. The zero-order chi connectivity index (χ0) is 15.0. The highest BCUT2D eigenvalue weighted by atomic mass is 19.2. The monoisotopic (exact) mass is 285 g/mol. The first-order valence-electron chi connectivity index (χ1n) is 6.41. The molecule has 0 radical (unpaired) electrons. The maximum absolute atomic E-state index is 13.5. The van der Waals surface area contributed by atoms with Crippen LogP contribution in [0, 0.1) is 11.6 Å². The van der Waals surface area contributed by atoms with E-state index in [2.05, 4.69) is 5.10 Å². The number of aryl methyl sites for hydroxylation is 1. The van der Waals surface area contributed by atoms with Crippen molar-refractivity contribution in [3.63, 3.8) is 0 Å². The maximum atomic E-state index is 13.5. The lowest BCUT2D eigenvalue weighted by Gasteiger charge is -2.04. The van der Waals surface area contributed by atoms with Crippen molar-refractivity contribution in [2.24, 2.45) is 7.05 Å². The number of hydrogen-bond donors (Lipinski definition) is 1. The molecule has 3 nitrogen and oxygen atoms in total. The topological polar surface area (TPSA) is 43.8 Å². The van der Waals surface area contributed by atoms with E-state index in [-0.39, 0.29) is 0 Å². The normalized spacial score (nSPS) is 10.8. The summed E-state index contributed by atoms with van der Waals surface area (Å²) in [6.45, 7) is 0. The van der Waals surface area contributed by atoms with E-state index in [1.165, 1.54) is 10.7 Å². The smallest absolute Gasteiger partial charge is 0.159 e. The van der Waals surface area contributed by atoms with Crippen LogP contribution in [0.2, 0.25) is 0 Å². The second kappa shape index (κ2) is 5.01. The molecule has 1 aromatic heterocycles. The van der Waals surface area contributed by atoms with Crippen molar-refractivity contribution in [1.82, 2.24) is 9.78 Å². The van der Waals surface area contributed by atoms with Crippen LogP contribution in [-0.4, -0.2) is 9.78 Å². The predicted octanol–water partition coefficient (Wildman–Crippen LogP) is 3.61. The summed E-state index contributed by atoms with van der Waals surface area (Å²) in [7, 11) is 1.71. The van der Waals surface area contributed by atoms with Gasteiger partial charge in [-0.1, -0.05) is 30.3 Å². The Kier molecular flexibility index (Phi) is 3.17. The minimum atomic E-state index is -0.907. The summed E-state index contributed by atoms with van der Waals surface area (Å²) in [5, 5.41) is 4.33. The lowest BCUT2D eigenvalue weighted by Crippen LogP contribution is -1.97. The molecule has 0 saturated carbocycles. The first kappa shape index (κ1) is 13.3. The Morgan fingerprint density at radius 2 is 1.67 bits per heavy atom. The Bertz CT molecular complexity index is 795. The van der Waals surface area contributed by atoms with Gasteiger partial charge in [0, 0.05) is 12.6 Å². The van der Waals surface area contributed by atoms with E-state index in [0.29, 0.717) is 22.6 Å². The molecule has 2 N–H and O–H groups in total. The zero-order valence-electron chi connectivity index (χ0n) is 11.3. The first-order chi connectivity index (χ1) is 10.1. The molecular formula is C16H13F2N3. The van der Waals surface area contributed by atoms with Crippen LogP contribution in [0.5, 0.6) is 0 Å². The van der Waals surface area contributed by atoms with Gasteiger partial charge in [-0.15, -0.1) is 0 Å². The third kappa shape index (κ3) is 2.27. The van der Waals surface area contributed by atoms with Crippen LogP contribution in [0.4, 0.5) is 14.6 Å². The molecular weight excluding hydrogens is 272 g/mol. The lowest BCUT2D eigenvalue weighted by molar-refractivity contribution is 0.509. The van der Waals surface area contributed by atoms with Gasteiger partial charge in [0.1, 0.15) is 11.5 Å². The van der Waals surface area contributed by atoms with Crippen LogP contribution in [0.1, 0.15) is 0 Å². The highest BCUT2D eigenvalue weighted by Gasteiger charge is 2.18. The first-order valence-corrected chi connectivity index (χ1v) is 6.41. The summed E-state index contributed by atoms with van der Waals surface area (Å²) in [6, 6.07) is 13.2. The molecule has 0 fully saturated rings. The minimum absolute atomic E-state index is 0.473. The van der Waals surface area contributed by atoms with E-state index < -0.39 is 11.6 Å². The Morgan fingerprint density at radius 3 is 2.33 bits per heavy atom. The van der Waals surface area contributed by atoms with Gasteiger partial charge in [0.05, 0.1) is 5.56 Å². The van der Waals surface area contributed by atoms with Crippen molar-refractivity contribution in [3.05, 3.63) is 60.2 Å². The highest BCUT2D eigenvalue weighted by Crippen LogP contribution is 2.36. The molecule has 0 spiro atoms. The largest absolute Gasteiger partial charge is 0.383 e. The molecule has 3 rings (SSSR count). The zero-order valence-corrected chi connectivity index (χ0v) is 11.3. The van der Waals surface area contributed by atoms with Crippen LogP contribution in [0.25, 0.3) is 22.4 Å². The van der Waals surface area contributed by atoms with E-state index in [1.807, 2.05) is 30.3 Å². The van der Waals surface area contributed by atoms with Crippen molar-refractivity contribution in [2.75, 3.05) is 5.73 Å². The van der Waals surface area contributed by atoms with Crippen molar-refractivity contribution < 1.29 is 8.78 Å². The van der Waals surface area contributed by atoms with Gasteiger partial charge in [-0.2, -0.15) is 5.10 Å². The number of hydrogen-bond acceptors (Lipinski definition) is 2. The van der Waals surface area contributed by atoms with Gasteiger partial charge in [0.25, 0.3) is 0 Å². The number of nitrogen functional groups attached to an aromatic ring is 1. The fourth-order valence-corrected chi connectivity index (χ4v) is 2.27. The molecule has 0 atom stereocenters. The summed E-state index contributed by atoms with van der Waals surface area (Å²) in [6.07, 6.45) is 0. The average Bonchev–Trinajstić information content (AvgIpc) is 2.79. The molecule has 0 amide bonds. The van der Waals surface area contributed by atoms with E-state index in [4.69, 9.17) is 5.73 Å². The number of rotatable bonds is 2. The summed E-state index contributed by atoms with van der Waals surface area (Å²) >= 11 is 0. The van der Waals surface area contributed by atoms with Crippen molar-refractivity contribution in [1.29, 1.82) is 0 Å². The fourth-order valence-electron chi connectivity index (χ4n) is 2.27. The SMILES string of the molecule is Cn1nc(-c2ccc(F)c(F)c2)c(-c2ccccc2)c1N. The lowest BCUT2D eigenvalue weighted by atomic mass is 10.0. The average molecular weight is 285 g/mol. The quantitative estimate of drug-likeness (QED) is 0.781. The van der Waals surface area contributed by atoms with Gasteiger partial charge < -0.3 is 5.73 Å². The Balaban J connectivity index is 2.24. The fraction of sp³-hybridized carbons (Fsp3) is 0.0625. The Morgan fingerprint density at radius 1 is 0.952 bits per heavy atom. The molecule has 1 heterocycles. The van der Waals surface area contributed by atoms with Crippen LogP contribution < -0.4 is 5.73 Å². The number of nitrogens with two attached hydrogens (primary N) is 1.